The van der Waals surface area contributed by atoms with E-state index >= 15 is 0 Å². The van der Waals surface area contributed by atoms with Crippen LogP contribution in [0.2, 0.25) is 0 Å². The number of rotatable bonds is 4. The van der Waals surface area contributed by atoms with E-state index in [1.54, 1.807) is 7.11 Å². The number of amides is 1. The number of ether oxygens (including phenoxy) is 1. The SMILES string of the molecule is COc1cccc(CC(=O)N2CCCC(n3nc(C)cc3C)C2)c1. The summed E-state index contributed by atoms with van der Waals surface area (Å²) >= 11 is 0. The number of methoxy groups -OCH3 is 1. The molecule has 128 valence electrons. The molecule has 24 heavy (non-hydrogen) atoms. The fourth-order valence-electron chi connectivity index (χ4n) is 3.47. The van der Waals surface area contributed by atoms with Crippen molar-refractivity contribution >= 4 is 5.91 Å². The Kier molecular flexibility index (Phi) is 4.88. The Morgan fingerprint density at radius 1 is 1.33 bits per heavy atom. The quantitative estimate of drug-likeness (QED) is 0.867. The van der Waals surface area contributed by atoms with Gasteiger partial charge in [0.25, 0.3) is 0 Å². The number of hydrogen-bond acceptors (Lipinski definition) is 3. The molecule has 0 bridgehead atoms. The normalized spacial score (nSPS) is 17.8. The molecule has 0 saturated carbocycles. The molecule has 1 amide bonds. The average molecular weight is 327 g/mol. The van der Waals surface area contributed by atoms with Crippen LogP contribution in [0, 0.1) is 13.8 Å². The van der Waals surface area contributed by atoms with E-state index in [-0.39, 0.29) is 11.9 Å². The molecule has 1 aliphatic rings. The molecule has 0 aliphatic carbocycles. The highest BCUT2D eigenvalue weighted by Crippen LogP contribution is 2.24. The van der Waals surface area contributed by atoms with E-state index in [0.29, 0.717) is 6.42 Å². The van der Waals surface area contributed by atoms with Gasteiger partial charge in [-0.2, -0.15) is 5.10 Å². The molecule has 1 saturated heterocycles. The maximum atomic E-state index is 12.7. The summed E-state index contributed by atoms with van der Waals surface area (Å²) in [5.74, 6) is 0.967. The summed E-state index contributed by atoms with van der Waals surface area (Å²) in [5, 5.41) is 4.60. The van der Waals surface area contributed by atoms with Gasteiger partial charge >= 0.3 is 0 Å². The summed E-state index contributed by atoms with van der Waals surface area (Å²) < 4.78 is 7.32. The molecule has 1 atom stereocenters. The predicted octanol–water partition coefficient (Wildman–Crippen LogP) is 2.91. The Morgan fingerprint density at radius 3 is 2.88 bits per heavy atom. The van der Waals surface area contributed by atoms with Crippen molar-refractivity contribution in [1.29, 1.82) is 0 Å². The van der Waals surface area contributed by atoms with Crippen molar-refractivity contribution in [2.75, 3.05) is 20.2 Å². The van der Waals surface area contributed by atoms with E-state index in [4.69, 9.17) is 4.74 Å². The summed E-state index contributed by atoms with van der Waals surface area (Å²) in [6.45, 7) is 5.67. The standard InChI is InChI=1S/C19H25N3O2/c1-14-10-15(2)22(20-14)17-7-5-9-21(13-17)19(23)12-16-6-4-8-18(11-16)24-3/h4,6,8,10-11,17H,5,7,9,12-13H2,1-3H3. The van der Waals surface area contributed by atoms with Gasteiger partial charge in [-0.25, -0.2) is 0 Å². The van der Waals surface area contributed by atoms with Crippen LogP contribution in [0.5, 0.6) is 5.75 Å². The molecule has 1 aliphatic heterocycles. The molecule has 1 aromatic heterocycles. The van der Waals surface area contributed by atoms with E-state index in [1.807, 2.05) is 36.1 Å². The summed E-state index contributed by atoms with van der Waals surface area (Å²) in [7, 11) is 1.64. The molecule has 0 radical (unpaired) electrons. The predicted molar refractivity (Wildman–Crippen MR) is 93.3 cm³/mol. The van der Waals surface area contributed by atoms with Gasteiger partial charge in [-0.1, -0.05) is 12.1 Å². The third kappa shape index (κ3) is 3.61. The third-order valence-electron chi connectivity index (χ3n) is 4.63. The lowest BCUT2D eigenvalue weighted by atomic mass is 10.0. The molecule has 0 N–H and O–H groups in total. The van der Waals surface area contributed by atoms with Crippen LogP contribution in [0.1, 0.15) is 35.8 Å². The third-order valence-corrected chi connectivity index (χ3v) is 4.63. The number of hydrogen-bond donors (Lipinski definition) is 0. The number of nitrogens with zero attached hydrogens (tertiary/aromatic N) is 3. The van der Waals surface area contributed by atoms with Crippen molar-refractivity contribution in [3.63, 3.8) is 0 Å². The highest BCUT2D eigenvalue weighted by atomic mass is 16.5. The van der Waals surface area contributed by atoms with Crippen LogP contribution in [0.4, 0.5) is 0 Å². The molecule has 2 heterocycles. The smallest absolute Gasteiger partial charge is 0.227 e. The van der Waals surface area contributed by atoms with Gasteiger partial charge in [-0.05, 0) is 50.5 Å². The number of benzene rings is 1. The molecule has 2 aromatic rings. The largest absolute Gasteiger partial charge is 0.497 e. The molecule has 5 nitrogen and oxygen atoms in total. The van der Waals surface area contributed by atoms with E-state index in [2.05, 4.69) is 22.8 Å². The fourth-order valence-corrected chi connectivity index (χ4v) is 3.47. The van der Waals surface area contributed by atoms with Crippen molar-refractivity contribution in [2.24, 2.45) is 0 Å². The topological polar surface area (TPSA) is 47.4 Å². The maximum absolute atomic E-state index is 12.7. The van der Waals surface area contributed by atoms with Gasteiger partial charge in [0.15, 0.2) is 0 Å². The number of carbonyl (C=O) groups is 1. The first-order valence-electron chi connectivity index (χ1n) is 8.50. The van der Waals surface area contributed by atoms with E-state index in [0.717, 1.165) is 42.9 Å². The van der Waals surface area contributed by atoms with Crippen molar-refractivity contribution in [2.45, 2.75) is 39.2 Å². The van der Waals surface area contributed by atoms with Crippen LogP contribution >= 0.6 is 0 Å². The van der Waals surface area contributed by atoms with Gasteiger partial charge in [0.2, 0.25) is 5.91 Å². The Labute approximate surface area is 143 Å². The molecule has 1 fully saturated rings. The first-order valence-corrected chi connectivity index (χ1v) is 8.50. The zero-order chi connectivity index (χ0) is 17.1. The lowest BCUT2D eigenvalue weighted by Crippen LogP contribution is -2.41. The average Bonchev–Trinajstić information content (AvgIpc) is 2.93. The van der Waals surface area contributed by atoms with Gasteiger partial charge in [0, 0.05) is 18.8 Å². The second-order valence-electron chi connectivity index (χ2n) is 6.54. The molecule has 1 aromatic carbocycles. The first-order chi connectivity index (χ1) is 11.6. The van der Waals surface area contributed by atoms with Crippen LogP contribution in [0.15, 0.2) is 30.3 Å². The maximum Gasteiger partial charge on any atom is 0.227 e. The van der Waals surface area contributed by atoms with Crippen molar-refractivity contribution < 1.29 is 9.53 Å². The lowest BCUT2D eigenvalue weighted by Gasteiger charge is -2.33. The van der Waals surface area contributed by atoms with E-state index in [1.165, 1.54) is 5.69 Å². The van der Waals surface area contributed by atoms with Gasteiger partial charge < -0.3 is 9.64 Å². The van der Waals surface area contributed by atoms with Crippen LogP contribution in [0.3, 0.4) is 0 Å². The second kappa shape index (κ2) is 7.07. The fraction of sp³-hybridized carbons (Fsp3) is 0.474. The van der Waals surface area contributed by atoms with Gasteiger partial charge in [0.05, 0.1) is 25.3 Å². The highest BCUT2D eigenvalue weighted by molar-refractivity contribution is 5.79. The Hall–Kier alpha value is -2.30. The van der Waals surface area contributed by atoms with Crippen molar-refractivity contribution in [3.05, 3.63) is 47.3 Å². The summed E-state index contributed by atoms with van der Waals surface area (Å²) in [5.41, 5.74) is 3.19. The minimum Gasteiger partial charge on any atom is -0.497 e. The molecular weight excluding hydrogens is 302 g/mol. The number of aryl methyl sites for hydroxylation is 2. The monoisotopic (exact) mass is 327 g/mol. The molecular formula is C19H25N3O2. The van der Waals surface area contributed by atoms with Crippen LogP contribution in [-0.4, -0.2) is 40.8 Å². The van der Waals surface area contributed by atoms with Crippen LogP contribution < -0.4 is 4.74 Å². The van der Waals surface area contributed by atoms with E-state index in [9.17, 15) is 4.79 Å². The van der Waals surface area contributed by atoms with Crippen molar-refractivity contribution in [1.82, 2.24) is 14.7 Å². The second-order valence-corrected chi connectivity index (χ2v) is 6.54. The Balaban J connectivity index is 1.67. The highest BCUT2D eigenvalue weighted by Gasteiger charge is 2.26. The number of aromatic nitrogens is 2. The molecule has 0 spiro atoms. The molecule has 3 rings (SSSR count). The number of carbonyl (C=O) groups excluding carboxylic acids is 1. The van der Waals surface area contributed by atoms with Crippen LogP contribution in [-0.2, 0) is 11.2 Å². The summed E-state index contributed by atoms with van der Waals surface area (Å²) in [6.07, 6.45) is 2.51. The zero-order valence-corrected chi connectivity index (χ0v) is 14.7. The van der Waals surface area contributed by atoms with Crippen molar-refractivity contribution in [3.8, 4) is 5.75 Å². The summed E-state index contributed by atoms with van der Waals surface area (Å²) in [4.78, 5) is 14.7. The van der Waals surface area contributed by atoms with Gasteiger partial charge in [0.1, 0.15) is 5.75 Å². The van der Waals surface area contributed by atoms with E-state index < -0.39 is 0 Å². The van der Waals surface area contributed by atoms with Crippen LogP contribution in [0.25, 0.3) is 0 Å². The minimum atomic E-state index is 0.175. The zero-order valence-electron chi connectivity index (χ0n) is 14.7. The molecule has 1 unspecified atom stereocenters. The lowest BCUT2D eigenvalue weighted by molar-refractivity contribution is -0.132. The Bertz CT molecular complexity index is 723. The van der Waals surface area contributed by atoms with Gasteiger partial charge in [-0.3, -0.25) is 9.48 Å². The summed E-state index contributed by atoms with van der Waals surface area (Å²) in [6, 6.07) is 10.1. The Morgan fingerprint density at radius 2 is 2.17 bits per heavy atom. The first kappa shape index (κ1) is 16.6. The van der Waals surface area contributed by atoms with Gasteiger partial charge in [-0.15, -0.1) is 0 Å². The number of likely N-dealkylation sites (tertiary alicyclic amines) is 1. The molecule has 5 heteroatoms. The minimum absolute atomic E-state index is 0.175. The number of piperidine rings is 1.